The van der Waals surface area contributed by atoms with Gasteiger partial charge in [-0.1, -0.05) is 6.42 Å². The van der Waals surface area contributed by atoms with Crippen molar-refractivity contribution in [1.29, 1.82) is 0 Å². The lowest BCUT2D eigenvalue weighted by molar-refractivity contribution is -0.137. The van der Waals surface area contributed by atoms with Gasteiger partial charge in [-0.05, 0) is 12.8 Å². The van der Waals surface area contributed by atoms with E-state index in [9.17, 15) is 4.79 Å². The topological polar surface area (TPSA) is 120 Å². The Kier molecular flexibility index (Phi) is 29.4. The molecule has 0 atom stereocenters. The first-order chi connectivity index (χ1) is 16.8. The van der Waals surface area contributed by atoms with Crippen molar-refractivity contribution in [3.63, 3.8) is 0 Å². The number of carbonyl (C=O) groups is 1. The molecule has 0 unspecified atom stereocenters. The summed E-state index contributed by atoms with van der Waals surface area (Å²) in [5.74, 6) is -0.746. The van der Waals surface area contributed by atoms with Gasteiger partial charge >= 0.3 is 5.97 Å². The summed E-state index contributed by atoms with van der Waals surface area (Å²) in [6.45, 7) is 9.15. The summed E-state index contributed by atoms with van der Waals surface area (Å²) in [5, 5.41) is 8.53. The van der Waals surface area contributed by atoms with Crippen LogP contribution >= 0.6 is 0 Å². The van der Waals surface area contributed by atoms with Crippen LogP contribution in [-0.2, 0) is 47.4 Å². The normalized spacial score (nSPS) is 11.3. The van der Waals surface area contributed by atoms with Crippen LogP contribution in [0.5, 0.6) is 0 Å². The molecule has 0 aliphatic rings. The maximum atomic E-state index is 10.4. The second-order valence-corrected chi connectivity index (χ2v) is 7.10. The Balaban J connectivity index is 3.01. The van der Waals surface area contributed by atoms with Crippen molar-refractivity contribution in [3.05, 3.63) is 0 Å². The molecule has 11 nitrogen and oxygen atoms in total. The molecule has 0 aromatic rings. The van der Waals surface area contributed by atoms with Crippen LogP contribution in [0.1, 0.15) is 25.7 Å². The first-order valence-electron chi connectivity index (χ1n) is 12.1. The first kappa shape index (κ1) is 33.1. The monoisotopic (exact) mass is 498 g/mol. The molecule has 0 rings (SSSR count). The molecule has 0 spiro atoms. The SMILES string of the molecule is COCCOCCOCCOCCOCCOCCOCCOCCOCCCCCC(=O)O. The lowest BCUT2D eigenvalue weighted by Crippen LogP contribution is -2.15. The van der Waals surface area contributed by atoms with E-state index in [0.717, 1.165) is 12.8 Å². The van der Waals surface area contributed by atoms with Gasteiger partial charge in [-0.2, -0.15) is 0 Å². The van der Waals surface area contributed by atoms with Gasteiger partial charge in [-0.3, -0.25) is 4.79 Å². The molecule has 11 heteroatoms. The number of carboxylic acid groups (broad SMARTS) is 1. The minimum absolute atomic E-state index is 0.225. The highest BCUT2D eigenvalue weighted by molar-refractivity contribution is 5.66. The number of methoxy groups -OCH3 is 1. The van der Waals surface area contributed by atoms with Crippen molar-refractivity contribution in [3.8, 4) is 0 Å². The van der Waals surface area contributed by atoms with Crippen LogP contribution in [0.25, 0.3) is 0 Å². The molecule has 0 aliphatic carbocycles. The lowest BCUT2D eigenvalue weighted by atomic mass is 10.2. The zero-order valence-corrected chi connectivity index (χ0v) is 20.9. The molecule has 0 saturated carbocycles. The number of ether oxygens (including phenoxy) is 9. The van der Waals surface area contributed by atoms with Crippen molar-refractivity contribution in [2.24, 2.45) is 0 Å². The third-order valence-corrected chi connectivity index (χ3v) is 4.22. The van der Waals surface area contributed by atoms with E-state index in [1.54, 1.807) is 7.11 Å². The Morgan fingerprint density at radius 1 is 0.441 bits per heavy atom. The second kappa shape index (κ2) is 30.1. The Bertz CT molecular complexity index is 399. The summed E-state index contributed by atoms with van der Waals surface area (Å²) in [7, 11) is 1.64. The van der Waals surface area contributed by atoms with Crippen molar-refractivity contribution >= 4 is 5.97 Å². The van der Waals surface area contributed by atoms with Gasteiger partial charge < -0.3 is 47.7 Å². The van der Waals surface area contributed by atoms with E-state index in [-0.39, 0.29) is 6.42 Å². The molecule has 0 amide bonds. The summed E-state index contributed by atoms with van der Waals surface area (Å²) in [6.07, 6.45) is 2.66. The van der Waals surface area contributed by atoms with Gasteiger partial charge in [-0.15, -0.1) is 0 Å². The van der Waals surface area contributed by atoms with Gasteiger partial charge in [0.05, 0.1) is 106 Å². The standard InChI is InChI=1S/C23H46O11/c1-26-7-8-28-11-12-30-15-16-32-19-20-34-22-21-33-18-17-31-14-13-29-10-9-27-6-4-2-3-5-23(24)25/h2-22H2,1H3,(H,24,25). The number of hydrogen-bond donors (Lipinski definition) is 1. The number of unbranched alkanes of at least 4 members (excludes halogenated alkanes) is 2. The van der Waals surface area contributed by atoms with Crippen LogP contribution in [0, 0.1) is 0 Å². The fourth-order valence-corrected chi connectivity index (χ4v) is 2.44. The quantitative estimate of drug-likeness (QED) is 0.145. The van der Waals surface area contributed by atoms with Crippen LogP contribution < -0.4 is 0 Å². The molecule has 0 saturated heterocycles. The molecule has 0 radical (unpaired) electrons. The van der Waals surface area contributed by atoms with E-state index in [1.165, 1.54) is 0 Å². The van der Waals surface area contributed by atoms with Crippen LogP contribution in [0.15, 0.2) is 0 Å². The highest BCUT2D eigenvalue weighted by Gasteiger charge is 1.97. The lowest BCUT2D eigenvalue weighted by Gasteiger charge is -2.08. The fraction of sp³-hybridized carbons (Fsp3) is 0.957. The van der Waals surface area contributed by atoms with Crippen LogP contribution in [0.4, 0.5) is 0 Å². The first-order valence-corrected chi connectivity index (χ1v) is 12.1. The van der Waals surface area contributed by atoms with E-state index >= 15 is 0 Å². The van der Waals surface area contributed by atoms with Gasteiger partial charge in [0.15, 0.2) is 0 Å². The highest BCUT2D eigenvalue weighted by atomic mass is 16.6. The molecule has 0 aromatic heterocycles. The molecule has 0 bridgehead atoms. The minimum atomic E-state index is -0.746. The molecular formula is C23H46O11. The molecular weight excluding hydrogens is 452 g/mol. The number of hydrogen-bond acceptors (Lipinski definition) is 10. The summed E-state index contributed by atoms with van der Waals surface area (Å²) in [4.78, 5) is 10.4. The van der Waals surface area contributed by atoms with Gasteiger partial charge in [0.2, 0.25) is 0 Å². The largest absolute Gasteiger partial charge is 0.481 e. The van der Waals surface area contributed by atoms with Crippen molar-refractivity contribution in [1.82, 2.24) is 0 Å². The third-order valence-electron chi connectivity index (χ3n) is 4.22. The maximum Gasteiger partial charge on any atom is 0.303 e. The van der Waals surface area contributed by atoms with Crippen LogP contribution in [0.3, 0.4) is 0 Å². The zero-order chi connectivity index (χ0) is 24.8. The van der Waals surface area contributed by atoms with Gasteiger partial charge in [-0.25, -0.2) is 0 Å². The summed E-state index contributed by atoms with van der Waals surface area (Å²) < 4.78 is 48.1. The highest BCUT2D eigenvalue weighted by Crippen LogP contribution is 1.99. The molecule has 0 fully saturated rings. The van der Waals surface area contributed by atoms with Crippen LogP contribution in [-0.4, -0.2) is 131 Å². The Labute approximate surface area is 204 Å². The average Bonchev–Trinajstić information content (AvgIpc) is 2.83. The Morgan fingerprint density at radius 2 is 0.735 bits per heavy atom. The second-order valence-electron chi connectivity index (χ2n) is 7.10. The Morgan fingerprint density at radius 3 is 1.03 bits per heavy atom. The smallest absolute Gasteiger partial charge is 0.303 e. The number of rotatable bonds is 30. The van der Waals surface area contributed by atoms with Gasteiger partial charge in [0, 0.05) is 20.1 Å². The summed E-state index contributed by atoms with van der Waals surface area (Å²) in [6, 6.07) is 0. The predicted octanol–water partition coefficient (Wildman–Crippen LogP) is 1.41. The van der Waals surface area contributed by atoms with Crippen LogP contribution in [0.2, 0.25) is 0 Å². The zero-order valence-electron chi connectivity index (χ0n) is 20.9. The molecule has 204 valence electrons. The third kappa shape index (κ3) is 31.1. The maximum absolute atomic E-state index is 10.4. The van der Waals surface area contributed by atoms with E-state index in [2.05, 4.69) is 0 Å². The van der Waals surface area contributed by atoms with E-state index in [1.807, 2.05) is 0 Å². The average molecular weight is 499 g/mol. The number of carboxylic acids is 1. The van der Waals surface area contributed by atoms with E-state index in [4.69, 9.17) is 47.7 Å². The Hall–Kier alpha value is -0.890. The van der Waals surface area contributed by atoms with E-state index in [0.29, 0.717) is 119 Å². The van der Waals surface area contributed by atoms with Gasteiger partial charge in [0.25, 0.3) is 0 Å². The van der Waals surface area contributed by atoms with Crippen molar-refractivity contribution in [2.75, 3.05) is 119 Å². The van der Waals surface area contributed by atoms with E-state index < -0.39 is 5.97 Å². The van der Waals surface area contributed by atoms with Gasteiger partial charge in [0.1, 0.15) is 0 Å². The predicted molar refractivity (Wildman–Crippen MR) is 125 cm³/mol. The molecule has 0 aliphatic heterocycles. The molecule has 1 N–H and O–H groups in total. The molecule has 0 heterocycles. The molecule has 0 aromatic carbocycles. The summed E-state index contributed by atoms with van der Waals surface area (Å²) in [5.41, 5.74) is 0. The van der Waals surface area contributed by atoms with Crippen molar-refractivity contribution < 1.29 is 52.5 Å². The summed E-state index contributed by atoms with van der Waals surface area (Å²) >= 11 is 0. The van der Waals surface area contributed by atoms with Crippen molar-refractivity contribution in [2.45, 2.75) is 25.7 Å². The minimum Gasteiger partial charge on any atom is -0.481 e. The fourth-order valence-electron chi connectivity index (χ4n) is 2.44. The molecule has 34 heavy (non-hydrogen) atoms. The number of aliphatic carboxylic acids is 1.